The van der Waals surface area contributed by atoms with Gasteiger partial charge in [-0.15, -0.1) is 0 Å². The van der Waals surface area contributed by atoms with Crippen LogP contribution in [0.25, 0.3) is 5.76 Å². The minimum absolute atomic E-state index is 0.117. The summed E-state index contributed by atoms with van der Waals surface area (Å²) in [5.41, 5.74) is 0.553. The van der Waals surface area contributed by atoms with Crippen molar-refractivity contribution in [2.75, 3.05) is 20.8 Å². The number of amides is 1. The summed E-state index contributed by atoms with van der Waals surface area (Å²) >= 11 is 0. The topological polar surface area (TPSA) is 113 Å². The molecule has 3 rings (SSSR count). The maximum absolute atomic E-state index is 12.8. The van der Waals surface area contributed by atoms with E-state index in [-0.39, 0.29) is 22.8 Å². The van der Waals surface area contributed by atoms with Gasteiger partial charge in [0.25, 0.3) is 11.7 Å². The predicted octanol–water partition coefficient (Wildman–Crippen LogP) is 2.00. The third kappa shape index (κ3) is 3.64. The van der Waals surface area contributed by atoms with Gasteiger partial charge >= 0.3 is 5.97 Å². The molecule has 0 aromatic heterocycles. The van der Waals surface area contributed by atoms with Crippen molar-refractivity contribution in [1.29, 1.82) is 0 Å². The molecule has 1 fully saturated rings. The van der Waals surface area contributed by atoms with Crippen LogP contribution in [0.3, 0.4) is 0 Å². The van der Waals surface area contributed by atoms with Gasteiger partial charge in [-0.1, -0.05) is 36.4 Å². The van der Waals surface area contributed by atoms with Gasteiger partial charge in [-0.3, -0.25) is 14.4 Å². The van der Waals surface area contributed by atoms with E-state index < -0.39 is 30.2 Å². The summed E-state index contributed by atoms with van der Waals surface area (Å²) in [4.78, 5) is 38.3. The number of nitrogens with zero attached hydrogens (tertiary/aromatic N) is 1. The number of carbonyl (C=O) groups is 3. The van der Waals surface area contributed by atoms with E-state index in [4.69, 9.17) is 4.74 Å². The highest BCUT2D eigenvalue weighted by atomic mass is 16.5. The van der Waals surface area contributed by atoms with E-state index >= 15 is 0 Å². The number of hydrogen-bond acceptors (Lipinski definition) is 7. The molecule has 0 radical (unpaired) electrons. The SMILES string of the molecule is COC(=O)CN1C(=O)C(=O)C(=C(O)c2ccccc2)[C@H]1c1ccc(O)c(OC)c1. The van der Waals surface area contributed by atoms with Crippen molar-refractivity contribution in [2.45, 2.75) is 6.04 Å². The molecule has 1 amide bonds. The van der Waals surface area contributed by atoms with E-state index in [1.807, 2.05) is 0 Å². The Bertz CT molecular complexity index is 997. The summed E-state index contributed by atoms with van der Waals surface area (Å²) in [5, 5.41) is 20.7. The van der Waals surface area contributed by atoms with E-state index in [2.05, 4.69) is 4.74 Å². The fraction of sp³-hybridized carbons (Fsp3) is 0.190. The first-order chi connectivity index (χ1) is 13.9. The molecule has 0 unspecified atom stereocenters. The van der Waals surface area contributed by atoms with Gasteiger partial charge in [0.2, 0.25) is 0 Å². The number of phenols is 1. The van der Waals surface area contributed by atoms with Crippen LogP contribution in [0.4, 0.5) is 0 Å². The van der Waals surface area contributed by atoms with E-state index in [0.717, 1.165) is 4.90 Å². The van der Waals surface area contributed by atoms with Crippen molar-refractivity contribution < 1.29 is 34.1 Å². The van der Waals surface area contributed by atoms with Gasteiger partial charge < -0.3 is 24.6 Å². The molecule has 8 nitrogen and oxygen atoms in total. The predicted molar refractivity (Wildman–Crippen MR) is 102 cm³/mol. The van der Waals surface area contributed by atoms with Crippen molar-refractivity contribution in [3.63, 3.8) is 0 Å². The Morgan fingerprint density at radius 2 is 1.79 bits per heavy atom. The first kappa shape index (κ1) is 19.9. The van der Waals surface area contributed by atoms with E-state index in [1.165, 1.54) is 32.4 Å². The van der Waals surface area contributed by atoms with Gasteiger partial charge in [0.1, 0.15) is 12.3 Å². The lowest BCUT2D eigenvalue weighted by Gasteiger charge is -2.24. The number of aliphatic hydroxyl groups excluding tert-OH is 1. The summed E-state index contributed by atoms with van der Waals surface area (Å²) in [6.45, 7) is -0.486. The number of methoxy groups -OCH3 is 2. The van der Waals surface area contributed by atoms with Crippen LogP contribution in [0.2, 0.25) is 0 Å². The zero-order valence-corrected chi connectivity index (χ0v) is 15.8. The third-order valence-electron chi connectivity index (χ3n) is 4.63. The van der Waals surface area contributed by atoms with E-state index in [1.54, 1.807) is 30.3 Å². The highest BCUT2D eigenvalue weighted by molar-refractivity contribution is 6.46. The van der Waals surface area contributed by atoms with E-state index in [9.17, 15) is 24.6 Å². The number of phenolic OH excluding ortho intramolecular Hbond substituents is 1. The second kappa shape index (κ2) is 8.05. The summed E-state index contributed by atoms with van der Waals surface area (Å²) < 4.78 is 9.75. The Kier molecular flexibility index (Phi) is 5.54. The summed E-state index contributed by atoms with van der Waals surface area (Å²) in [5.74, 6) is -2.97. The molecule has 8 heteroatoms. The number of esters is 1. The van der Waals surface area contributed by atoms with Crippen molar-refractivity contribution in [3.8, 4) is 11.5 Å². The number of aromatic hydroxyl groups is 1. The molecular formula is C21H19NO7. The number of carbonyl (C=O) groups excluding carboxylic acids is 3. The smallest absolute Gasteiger partial charge is 0.325 e. The van der Waals surface area contributed by atoms with Crippen molar-refractivity contribution in [3.05, 3.63) is 65.2 Å². The van der Waals surface area contributed by atoms with Gasteiger partial charge in [-0.05, 0) is 17.7 Å². The largest absolute Gasteiger partial charge is 0.507 e. The van der Waals surface area contributed by atoms with Crippen LogP contribution in [0.15, 0.2) is 54.1 Å². The first-order valence-corrected chi connectivity index (χ1v) is 8.66. The molecule has 1 heterocycles. The highest BCUT2D eigenvalue weighted by Gasteiger charge is 2.47. The van der Waals surface area contributed by atoms with Crippen LogP contribution in [0, 0.1) is 0 Å². The number of benzene rings is 2. The standard InChI is InChI=1S/C21H19NO7/c1-28-15-10-13(8-9-14(15)23)18-17(19(25)12-6-4-3-5-7-12)20(26)21(27)22(18)11-16(24)29-2/h3-10,18,23,25H,11H2,1-2H3/t18-/m1/s1. The normalized spacial score (nSPS) is 18.0. The molecule has 0 aliphatic carbocycles. The molecule has 1 atom stereocenters. The zero-order valence-electron chi connectivity index (χ0n) is 15.8. The van der Waals surface area contributed by atoms with Crippen LogP contribution in [0.1, 0.15) is 17.2 Å². The van der Waals surface area contributed by atoms with Crippen LogP contribution in [-0.2, 0) is 19.1 Å². The number of aliphatic hydroxyl groups is 1. The van der Waals surface area contributed by atoms with Gasteiger partial charge in [0, 0.05) is 5.56 Å². The number of rotatable bonds is 5. The molecule has 0 saturated carbocycles. The van der Waals surface area contributed by atoms with Gasteiger partial charge in [0.05, 0.1) is 25.8 Å². The Morgan fingerprint density at radius 3 is 2.41 bits per heavy atom. The molecule has 1 aliphatic heterocycles. The summed E-state index contributed by atoms with van der Waals surface area (Å²) in [6, 6.07) is 11.5. The molecule has 1 aliphatic rings. The molecule has 0 spiro atoms. The molecule has 1 saturated heterocycles. The van der Waals surface area contributed by atoms with Gasteiger partial charge in [-0.2, -0.15) is 0 Å². The van der Waals surface area contributed by atoms with Crippen LogP contribution in [-0.4, -0.2) is 53.5 Å². The Hall–Kier alpha value is -3.81. The molecule has 2 aromatic rings. The fourth-order valence-electron chi connectivity index (χ4n) is 3.21. The average Bonchev–Trinajstić information content (AvgIpc) is 2.99. The molecule has 2 N–H and O–H groups in total. The minimum atomic E-state index is -1.07. The van der Waals surface area contributed by atoms with Gasteiger partial charge in [-0.25, -0.2) is 0 Å². The number of ketones is 1. The number of ether oxygens (including phenoxy) is 2. The summed E-state index contributed by atoms with van der Waals surface area (Å²) in [7, 11) is 2.52. The lowest BCUT2D eigenvalue weighted by atomic mass is 9.95. The quantitative estimate of drug-likeness (QED) is 0.343. The second-order valence-corrected chi connectivity index (χ2v) is 6.30. The maximum Gasteiger partial charge on any atom is 0.325 e. The molecule has 29 heavy (non-hydrogen) atoms. The minimum Gasteiger partial charge on any atom is -0.507 e. The van der Waals surface area contributed by atoms with Crippen LogP contribution >= 0.6 is 0 Å². The summed E-state index contributed by atoms with van der Waals surface area (Å²) in [6.07, 6.45) is 0. The first-order valence-electron chi connectivity index (χ1n) is 8.66. The maximum atomic E-state index is 12.8. The number of Topliss-reactive ketones (excluding diaryl/α,β-unsaturated/α-hetero) is 1. The van der Waals surface area contributed by atoms with Crippen molar-refractivity contribution in [2.24, 2.45) is 0 Å². The number of hydrogen-bond donors (Lipinski definition) is 2. The van der Waals surface area contributed by atoms with Crippen LogP contribution < -0.4 is 4.74 Å². The number of likely N-dealkylation sites (tertiary alicyclic amines) is 1. The Balaban J connectivity index is 2.21. The molecular weight excluding hydrogens is 378 g/mol. The lowest BCUT2D eigenvalue weighted by Crippen LogP contribution is -2.35. The molecule has 150 valence electrons. The lowest BCUT2D eigenvalue weighted by molar-refractivity contribution is -0.148. The highest BCUT2D eigenvalue weighted by Crippen LogP contribution is 2.41. The molecule has 0 bridgehead atoms. The Morgan fingerprint density at radius 1 is 1.10 bits per heavy atom. The fourth-order valence-corrected chi connectivity index (χ4v) is 3.21. The zero-order chi connectivity index (χ0) is 21.1. The second-order valence-electron chi connectivity index (χ2n) is 6.30. The average molecular weight is 397 g/mol. The van der Waals surface area contributed by atoms with Crippen molar-refractivity contribution >= 4 is 23.4 Å². The molecule has 2 aromatic carbocycles. The third-order valence-corrected chi connectivity index (χ3v) is 4.63. The van der Waals surface area contributed by atoms with E-state index in [0.29, 0.717) is 11.1 Å². The van der Waals surface area contributed by atoms with Crippen LogP contribution in [0.5, 0.6) is 11.5 Å². The van der Waals surface area contributed by atoms with Gasteiger partial charge in [0.15, 0.2) is 11.5 Å². The van der Waals surface area contributed by atoms with Crippen molar-refractivity contribution in [1.82, 2.24) is 4.90 Å². The monoisotopic (exact) mass is 397 g/mol. The Labute approximate surface area is 166 Å².